The number of esters is 1. The van der Waals surface area contributed by atoms with Crippen molar-refractivity contribution in [3.05, 3.63) is 12.2 Å². The highest BCUT2D eigenvalue weighted by Crippen LogP contribution is 2.25. The molecule has 65 heavy (non-hydrogen) atoms. The normalized spacial score (nSPS) is 11.9. The van der Waals surface area contributed by atoms with Crippen molar-refractivity contribution in [1.82, 2.24) is 0 Å². The maximum atomic E-state index is 11.6. The van der Waals surface area contributed by atoms with Gasteiger partial charge >= 0.3 is 11.9 Å². The molecule has 0 aliphatic carbocycles. The van der Waals surface area contributed by atoms with Crippen LogP contribution in [0.15, 0.2) is 12.2 Å². The molecule has 0 rings (SSSR count). The zero-order chi connectivity index (χ0) is 48.6. The molecule has 0 amide bonds. The number of rotatable bonds is 49. The van der Waals surface area contributed by atoms with Crippen molar-refractivity contribution >= 4 is 11.9 Å². The van der Waals surface area contributed by atoms with Crippen molar-refractivity contribution in [3.63, 3.8) is 0 Å². The highest BCUT2D eigenvalue weighted by molar-refractivity contribution is 5.69. The van der Waals surface area contributed by atoms with Crippen LogP contribution < -0.4 is 0 Å². The van der Waals surface area contributed by atoms with E-state index < -0.39 is 17.5 Å². The van der Waals surface area contributed by atoms with Crippen LogP contribution in [0.1, 0.15) is 304 Å². The van der Waals surface area contributed by atoms with Gasteiger partial charge in [0, 0.05) is 12.8 Å². The Bertz CT molecular complexity index is 928. The summed E-state index contributed by atoms with van der Waals surface area (Å²) in [4.78, 5) is 21.9. The number of ether oxygens (including phenoxy) is 1. The van der Waals surface area contributed by atoms with Gasteiger partial charge in [0.2, 0.25) is 0 Å². The molecule has 0 saturated carbocycles. The molecule has 0 spiro atoms. The minimum atomic E-state index is -1.15. The maximum Gasteiger partial charge on any atom is 0.305 e. The van der Waals surface area contributed by atoms with Crippen LogP contribution in [0.5, 0.6) is 0 Å². The van der Waals surface area contributed by atoms with E-state index in [4.69, 9.17) is 9.84 Å². The summed E-state index contributed by atoms with van der Waals surface area (Å²) in [5.74, 6) is -0.651. The molecule has 0 saturated heterocycles. The van der Waals surface area contributed by atoms with Gasteiger partial charge in [0.25, 0.3) is 0 Å². The van der Waals surface area contributed by atoms with Crippen molar-refractivity contribution in [2.24, 2.45) is 5.41 Å². The van der Waals surface area contributed by atoms with Crippen molar-refractivity contribution in [2.45, 2.75) is 310 Å². The second-order valence-corrected chi connectivity index (χ2v) is 19.3. The lowest BCUT2D eigenvalue weighted by molar-refractivity contribution is -0.144. The lowest BCUT2D eigenvalue weighted by atomic mass is 9.82. The maximum absolute atomic E-state index is 11.6. The van der Waals surface area contributed by atoms with E-state index in [2.05, 4.69) is 39.8 Å². The third-order valence-electron chi connectivity index (χ3n) is 12.9. The first-order valence-electron chi connectivity index (χ1n) is 28.3. The monoisotopic (exact) mass is 927 g/mol. The topological polar surface area (TPSA) is 145 Å². The number of hydrogen-bond donors (Lipinski definition) is 5. The molecule has 8 nitrogen and oxygen atoms in total. The van der Waals surface area contributed by atoms with Crippen molar-refractivity contribution < 1.29 is 39.9 Å². The van der Waals surface area contributed by atoms with Crippen LogP contribution in [0.2, 0.25) is 0 Å². The van der Waals surface area contributed by atoms with Gasteiger partial charge in [0.05, 0.1) is 37.9 Å². The van der Waals surface area contributed by atoms with E-state index in [0.29, 0.717) is 25.9 Å². The number of unbranched alkanes of at least 4 members (excludes halogenated alkanes) is 35. The largest absolute Gasteiger partial charge is 0.481 e. The van der Waals surface area contributed by atoms with Crippen LogP contribution in [0.25, 0.3) is 0 Å². The van der Waals surface area contributed by atoms with E-state index in [1.165, 1.54) is 218 Å². The van der Waals surface area contributed by atoms with E-state index in [0.717, 1.165) is 38.5 Å². The Balaban J connectivity index is -0.000000891. The Hall–Kier alpha value is -1.48. The van der Waals surface area contributed by atoms with Crippen LogP contribution in [-0.2, 0) is 14.3 Å². The summed E-state index contributed by atoms with van der Waals surface area (Å²) in [5, 5.41) is 46.2. The zero-order valence-corrected chi connectivity index (χ0v) is 43.9. The third-order valence-corrected chi connectivity index (χ3v) is 12.9. The summed E-state index contributed by atoms with van der Waals surface area (Å²) in [6.45, 7) is 8.45. The number of hydrogen-bond acceptors (Lipinski definition) is 7. The fourth-order valence-electron chi connectivity index (χ4n) is 8.02. The molecule has 0 heterocycles. The van der Waals surface area contributed by atoms with Gasteiger partial charge in [-0.1, -0.05) is 252 Å². The fourth-order valence-corrected chi connectivity index (χ4v) is 8.02. The minimum absolute atomic E-state index is 0.0134. The molecule has 5 N–H and O–H groups in total. The average Bonchev–Trinajstić information content (AvgIpc) is 3.31. The van der Waals surface area contributed by atoms with Crippen molar-refractivity contribution in [1.29, 1.82) is 0 Å². The van der Waals surface area contributed by atoms with E-state index in [1.807, 2.05) is 0 Å². The number of carboxylic acids is 1. The highest BCUT2D eigenvalue weighted by Gasteiger charge is 2.36. The van der Waals surface area contributed by atoms with E-state index in [9.17, 15) is 30.0 Å². The molecule has 1 unspecified atom stereocenters. The van der Waals surface area contributed by atoms with Gasteiger partial charge in [0.1, 0.15) is 0 Å². The molecule has 0 aliphatic heterocycles. The first-order valence-corrected chi connectivity index (χ1v) is 28.3. The molecule has 0 aromatic heterocycles. The summed E-state index contributed by atoms with van der Waals surface area (Å²) in [6, 6.07) is 0. The second-order valence-electron chi connectivity index (χ2n) is 19.3. The summed E-state index contributed by atoms with van der Waals surface area (Å²) >= 11 is 0. The molecule has 0 aromatic rings. The number of aliphatic hydroxyl groups is 4. The van der Waals surface area contributed by atoms with E-state index >= 15 is 0 Å². The molecule has 0 bridgehead atoms. The number of aliphatic carboxylic acids is 1. The lowest BCUT2D eigenvalue weighted by Crippen LogP contribution is -2.45. The van der Waals surface area contributed by atoms with Gasteiger partial charge in [-0.3, -0.25) is 9.59 Å². The molecule has 0 aromatic carbocycles. The van der Waals surface area contributed by atoms with Crippen molar-refractivity contribution in [3.8, 4) is 0 Å². The zero-order valence-electron chi connectivity index (χ0n) is 43.9. The standard InChI is InChI=1S/C22H44O2.C18H34O2.C17H36O4/c1-3-5-7-9-11-12-13-14-15-16-18-20-22(23)24-21-19-17-10-8-6-4-2;1-2-3-4-5-6-7-8-9-10-11-12-13-14-15-16-17-18(19)20;1-2-3-4-5-6-7-8-9-10-11-12-16(21)17(13-18,14-19)15-20/h3-21H2,1-2H3;9-10H,2-8,11-17H2,1H3,(H,19,20);16,18-21H,2-15H2,1H3/b;10-9-;. The molecule has 0 radical (unpaired) electrons. The van der Waals surface area contributed by atoms with Gasteiger partial charge < -0.3 is 30.3 Å². The number of carboxylic acid groups (broad SMARTS) is 1. The summed E-state index contributed by atoms with van der Waals surface area (Å²) in [6.07, 6.45) is 55.8. The highest BCUT2D eigenvalue weighted by atomic mass is 16.5. The van der Waals surface area contributed by atoms with Crippen LogP contribution in [-0.4, -0.2) is 70.0 Å². The SMILES string of the molecule is CCCCCCCC/C=C\CCCCCCCC(=O)O.CCCCCCCCCCCCC(O)C(CO)(CO)CO.CCCCCCCCCCCCCC(=O)OCCCCCCCC. The molecule has 390 valence electrons. The van der Waals surface area contributed by atoms with E-state index in [-0.39, 0.29) is 25.8 Å². The molecule has 1 atom stereocenters. The van der Waals surface area contributed by atoms with Crippen molar-refractivity contribution in [2.75, 3.05) is 26.4 Å². The predicted molar refractivity (Wildman–Crippen MR) is 279 cm³/mol. The second kappa shape index (κ2) is 58.6. The van der Waals surface area contributed by atoms with Gasteiger partial charge in [-0.05, 0) is 51.4 Å². The van der Waals surface area contributed by atoms with Crippen LogP contribution in [0, 0.1) is 5.41 Å². The lowest BCUT2D eigenvalue weighted by Gasteiger charge is -2.32. The Morgan fingerprint density at radius 3 is 1.05 bits per heavy atom. The van der Waals surface area contributed by atoms with Gasteiger partial charge in [-0.25, -0.2) is 0 Å². The van der Waals surface area contributed by atoms with E-state index in [1.54, 1.807) is 0 Å². The first-order chi connectivity index (χ1) is 31.7. The summed E-state index contributed by atoms with van der Waals surface area (Å²) in [7, 11) is 0. The quantitative estimate of drug-likeness (QED) is 0.0230. The fraction of sp³-hybridized carbons (Fsp3) is 0.930. The van der Waals surface area contributed by atoms with Crippen LogP contribution >= 0.6 is 0 Å². The number of aliphatic hydroxyl groups excluding tert-OH is 4. The van der Waals surface area contributed by atoms with Gasteiger partial charge in [-0.2, -0.15) is 0 Å². The summed E-state index contributed by atoms with van der Waals surface area (Å²) in [5.41, 5.74) is -1.15. The molecule has 0 fully saturated rings. The van der Waals surface area contributed by atoms with Gasteiger partial charge in [-0.15, -0.1) is 0 Å². The number of carbonyl (C=O) groups excluding carboxylic acids is 1. The van der Waals surface area contributed by atoms with Crippen LogP contribution in [0.4, 0.5) is 0 Å². The Morgan fingerprint density at radius 2 is 0.708 bits per heavy atom. The third kappa shape index (κ3) is 55.0. The molecule has 8 heteroatoms. The molecular formula is C57H114O8. The molecule has 0 aliphatic rings. The Kier molecular flexibility index (Phi) is 61.2. The predicted octanol–water partition coefficient (Wildman–Crippen LogP) is 16.3. The average molecular weight is 928 g/mol. The minimum Gasteiger partial charge on any atom is -0.481 e. The van der Waals surface area contributed by atoms with Gasteiger partial charge in [0.15, 0.2) is 0 Å². The number of carbonyl (C=O) groups is 2. The number of allylic oxidation sites excluding steroid dienone is 2. The summed E-state index contributed by atoms with van der Waals surface area (Å²) < 4.78 is 5.30. The van der Waals surface area contributed by atoms with Crippen LogP contribution in [0.3, 0.4) is 0 Å². The smallest absolute Gasteiger partial charge is 0.305 e. The Morgan fingerprint density at radius 1 is 0.415 bits per heavy atom. The Labute approximate surface area is 404 Å². The first kappa shape index (κ1) is 67.8. The molecular weight excluding hydrogens is 813 g/mol.